The molecule has 2 aliphatic rings. The predicted octanol–water partition coefficient (Wildman–Crippen LogP) is 3.56. The van der Waals surface area contributed by atoms with Gasteiger partial charge in [-0.1, -0.05) is 25.1 Å². The number of piperidine rings is 1. The molecule has 2 atom stereocenters. The third kappa shape index (κ3) is 3.93. The van der Waals surface area contributed by atoms with Crippen molar-refractivity contribution >= 4 is 22.8 Å². The summed E-state index contributed by atoms with van der Waals surface area (Å²) >= 11 is 0. The highest BCUT2D eigenvalue weighted by Gasteiger charge is 2.31. The van der Waals surface area contributed by atoms with Gasteiger partial charge in [0.1, 0.15) is 0 Å². The van der Waals surface area contributed by atoms with Crippen LogP contribution in [0.5, 0.6) is 0 Å². The first-order valence-corrected chi connectivity index (χ1v) is 11.1. The van der Waals surface area contributed by atoms with Crippen LogP contribution in [0.15, 0.2) is 24.3 Å². The molecular weight excluding hydrogens is 378 g/mol. The molecule has 0 N–H and O–H groups in total. The molecule has 6 nitrogen and oxygen atoms in total. The summed E-state index contributed by atoms with van der Waals surface area (Å²) in [6.07, 6.45) is 3.95. The fraction of sp³-hybridized carbons (Fsp3) is 0.542. The third-order valence-electron chi connectivity index (χ3n) is 6.59. The molecule has 0 saturated carbocycles. The Balaban J connectivity index is 1.60. The number of esters is 1. The van der Waals surface area contributed by atoms with E-state index < -0.39 is 5.97 Å². The van der Waals surface area contributed by atoms with E-state index in [1.165, 1.54) is 0 Å². The lowest BCUT2D eigenvalue weighted by atomic mass is 9.96. The van der Waals surface area contributed by atoms with Gasteiger partial charge in [0.25, 0.3) is 5.91 Å². The highest BCUT2D eigenvalue weighted by molar-refractivity contribution is 6.05. The predicted molar refractivity (Wildman–Crippen MR) is 116 cm³/mol. The lowest BCUT2D eigenvalue weighted by Crippen LogP contribution is -2.49. The number of ether oxygens (including phenoxy) is 1. The fourth-order valence-electron chi connectivity index (χ4n) is 4.94. The number of para-hydroxylation sites is 1. The molecule has 160 valence electrons. The van der Waals surface area contributed by atoms with Crippen LogP contribution in [0.1, 0.15) is 61.6 Å². The van der Waals surface area contributed by atoms with E-state index in [1.807, 2.05) is 29.2 Å². The number of hydrogen-bond donors (Lipinski definition) is 0. The molecule has 0 spiro atoms. The molecule has 1 amide bonds. The second-order valence-electron chi connectivity index (χ2n) is 8.55. The summed E-state index contributed by atoms with van der Waals surface area (Å²) in [6.45, 7) is 8.59. The SMILES string of the molecule is CCN1CCc2nc3ccccc3c(C(=O)OCC(=O)N3[C@@H](C)CCC[C@@H]3C)c2C1. The van der Waals surface area contributed by atoms with E-state index in [-0.39, 0.29) is 24.6 Å². The number of amides is 1. The van der Waals surface area contributed by atoms with E-state index in [0.29, 0.717) is 12.1 Å². The number of hydrogen-bond acceptors (Lipinski definition) is 5. The molecular formula is C24H31N3O3. The Kier molecular flexibility index (Phi) is 6.04. The van der Waals surface area contributed by atoms with Gasteiger partial charge in [-0.05, 0) is 45.7 Å². The van der Waals surface area contributed by atoms with Gasteiger partial charge < -0.3 is 9.64 Å². The summed E-state index contributed by atoms with van der Waals surface area (Å²) in [7, 11) is 0. The van der Waals surface area contributed by atoms with Crippen molar-refractivity contribution in [2.75, 3.05) is 19.7 Å². The van der Waals surface area contributed by atoms with Crippen LogP contribution in [0, 0.1) is 0 Å². The Bertz CT molecular complexity index is 948. The molecule has 4 rings (SSSR count). The minimum absolute atomic E-state index is 0.106. The average molecular weight is 410 g/mol. The van der Waals surface area contributed by atoms with E-state index in [4.69, 9.17) is 9.72 Å². The van der Waals surface area contributed by atoms with Crippen LogP contribution in [0.2, 0.25) is 0 Å². The van der Waals surface area contributed by atoms with E-state index in [9.17, 15) is 9.59 Å². The van der Waals surface area contributed by atoms with Gasteiger partial charge in [0.15, 0.2) is 6.61 Å². The number of pyridine rings is 1. The topological polar surface area (TPSA) is 62.7 Å². The number of carbonyl (C=O) groups is 2. The Hall–Kier alpha value is -2.47. The smallest absolute Gasteiger partial charge is 0.339 e. The molecule has 1 aromatic carbocycles. The maximum absolute atomic E-state index is 13.2. The standard InChI is InChI=1S/C24H31N3O3/c1-4-26-13-12-21-19(14-26)23(18-10-5-6-11-20(18)25-21)24(29)30-15-22(28)27-16(2)8-7-9-17(27)3/h5-6,10-11,16-17H,4,7-9,12-15H2,1-3H3/t16-,17-/m0/s1. The van der Waals surface area contributed by atoms with Crippen LogP contribution >= 0.6 is 0 Å². The first-order chi connectivity index (χ1) is 14.5. The monoisotopic (exact) mass is 409 g/mol. The quantitative estimate of drug-likeness (QED) is 0.723. The molecule has 2 aromatic rings. The Morgan fingerprint density at radius 1 is 1.17 bits per heavy atom. The van der Waals surface area contributed by atoms with E-state index in [2.05, 4.69) is 25.7 Å². The van der Waals surface area contributed by atoms with Gasteiger partial charge in [0, 0.05) is 48.2 Å². The summed E-state index contributed by atoms with van der Waals surface area (Å²) in [6, 6.07) is 8.07. The zero-order chi connectivity index (χ0) is 21.3. The van der Waals surface area contributed by atoms with Gasteiger partial charge in [-0.3, -0.25) is 14.7 Å². The van der Waals surface area contributed by atoms with Gasteiger partial charge in [0.05, 0.1) is 11.1 Å². The summed E-state index contributed by atoms with van der Waals surface area (Å²) in [4.78, 5) is 35.1. The summed E-state index contributed by atoms with van der Waals surface area (Å²) in [5.74, 6) is -0.529. The van der Waals surface area contributed by atoms with Crippen molar-refractivity contribution in [1.29, 1.82) is 0 Å². The van der Waals surface area contributed by atoms with Crippen LogP contribution in [0.25, 0.3) is 10.9 Å². The Morgan fingerprint density at radius 2 is 1.90 bits per heavy atom. The Morgan fingerprint density at radius 3 is 2.63 bits per heavy atom. The van der Waals surface area contributed by atoms with E-state index in [1.54, 1.807) is 0 Å². The number of likely N-dealkylation sites (N-methyl/N-ethyl adjacent to an activating group) is 1. The molecule has 2 aliphatic heterocycles. The molecule has 3 heterocycles. The van der Waals surface area contributed by atoms with Crippen LogP contribution in [-0.4, -0.2) is 58.4 Å². The lowest BCUT2D eigenvalue weighted by Gasteiger charge is -2.38. The fourth-order valence-corrected chi connectivity index (χ4v) is 4.94. The zero-order valence-electron chi connectivity index (χ0n) is 18.2. The number of likely N-dealkylation sites (tertiary alicyclic amines) is 1. The van der Waals surface area contributed by atoms with E-state index in [0.717, 1.165) is 60.9 Å². The molecule has 30 heavy (non-hydrogen) atoms. The van der Waals surface area contributed by atoms with Gasteiger partial charge in [-0.25, -0.2) is 4.79 Å². The normalized spacial score (nSPS) is 22.0. The summed E-state index contributed by atoms with van der Waals surface area (Å²) < 4.78 is 5.61. The number of carbonyl (C=O) groups excluding carboxylic acids is 2. The molecule has 0 radical (unpaired) electrons. The second kappa shape index (κ2) is 8.72. The first-order valence-electron chi connectivity index (χ1n) is 11.1. The highest BCUT2D eigenvalue weighted by Crippen LogP contribution is 2.29. The number of aromatic nitrogens is 1. The van der Waals surface area contributed by atoms with Crippen LogP contribution in [0.4, 0.5) is 0 Å². The van der Waals surface area contributed by atoms with Gasteiger partial charge in [-0.2, -0.15) is 0 Å². The molecule has 1 aromatic heterocycles. The average Bonchev–Trinajstić information content (AvgIpc) is 2.75. The number of nitrogens with zero attached hydrogens (tertiary/aromatic N) is 3. The highest BCUT2D eigenvalue weighted by atomic mass is 16.5. The molecule has 6 heteroatoms. The van der Waals surface area contributed by atoms with Crippen molar-refractivity contribution < 1.29 is 14.3 Å². The van der Waals surface area contributed by atoms with Crippen molar-refractivity contribution in [2.24, 2.45) is 0 Å². The van der Waals surface area contributed by atoms with Crippen LogP contribution in [-0.2, 0) is 22.5 Å². The van der Waals surface area contributed by atoms with Gasteiger partial charge in [-0.15, -0.1) is 0 Å². The third-order valence-corrected chi connectivity index (χ3v) is 6.59. The summed E-state index contributed by atoms with van der Waals surface area (Å²) in [5, 5.41) is 0.798. The van der Waals surface area contributed by atoms with Crippen molar-refractivity contribution in [3.8, 4) is 0 Å². The van der Waals surface area contributed by atoms with E-state index >= 15 is 0 Å². The maximum Gasteiger partial charge on any atom is 0.339 e. The largest absolute Gasteiger partial charge is 0.452 e. The molecule has 0 aliphatic carbocycles. The first kappa shape index (κ1) is 20.8. The lowest BCUT2D eigenvalue weighted by molar-refractivity contribution is -0.140. The number of fused-ring (bicyclic) bond motifs is 2. The van der Waals surface area contributed by atoms with Gasteiger partial charge >= 0.3 is 5.97 Å². The number of rotatable bonds is 4. The van der Waals surface area contributed by atoms with Gasteiger partial charge in [0.2, 0.25) is 0 Å². The minimum atomic E-state index is -0.423. The second-order valence-corrected chi connectivity index (χ2v) is 8.55. The van der Waals surface area contributed by atoms with Crippen molar-refractivity contribution in [3.63, 3.8) is 0 Å². The maximum atomic E-state index is 13.2. The molecule has 0 bridgehead atoms. The van der Waals surface area contributed by atoms with Crippen LogP contribution in [0.3, 0.4) is 0 Å². The number of benzene rings is 1. The van der Waals surface area contributed by atoms with Crippen molar-refractivity contribution in [1.82, 2.24) is 14.8 Å². The molecule has 1 fully saturated rings. The van der Waals surface area contributed by atoms with Crippen molar-refractivity contribution in [2.45, 2.75) is 65.1 Å². The van der Waals surface area contributed by atoms with Crippen LogP contribution < -0.4 is 0 Å². The minimum Gasteiger partial charge on any atom is -0.452 e. The molecule has 0 unspecified atom stereocenters. The molecule has 1 saturated heterocycles. The van der Waals surface area contributed by atoms with Crippen molar-refractivity contribution in [3.05, 3.63) is 41.1 Å². The summed E-state index contributed by atoms with van der Waals surface area (Å²) in [5.41, 5.74) is 3.29. The Labute approximate surface area is 178 Å². The zero-order valence-corrected chi connectivity index (χ0v) is 18.2.